The summed E-state index contributed by atoms with van der Waals surface area (Å²) in [5.41, 5.74) is 1.34. The van der Waals surface area contributed by atoms with Gasteiger partial charge in [0.2, 0.25) is 0 Å². The van der Waals surface area contributed by atoms with Gasteiger partial charge < -0.3 is 14.2 Å². The predicted octanol–water partition coefficient (Wildman–Crippen LogP) is 2.65. The SMILES string of the molecule is c1cc(CN2CC[C@@H]3O[C@H](COCC4CCOCC4)CC[C@@H]32)ccn1. The van der Waals surface area contributed by atoms with E-state index in [0.29, 0.717) is 18.1 Å². The van der Waals surface area contributed by atoms with Crippen LogP contribution in [-0.2, 0) is 20.8 Å². The monoisotopic (exact) mass is 346 g/mol. The lowest BCUT2D eigenvalue weighted by atomic mass is 9.99. The maximum absolute atomic E-state index is 6.36. The second-order valence-electron chi connectivity index (χ2n) is 7.65. The lowest BCUT2D eigenvalue weighted by Gasteiger charge is -2.36. The molecule has 0 radical (unpaired) electrons. The molecule has 3 saturated heterocycles. The van der Waals surface area contributed by atoms with Gasteiger partial charge in [-0.15, -0.1) is 0 Å². The average Bonchev–Trinajstić information content (AvgIpc) is 3.06. The fourth-order valence-electron chi connectivity index (χ4n) is 4.41. The van der Waals surface area contributed by atoms with Crippen LogP contribution in [0, 0.1) is 5.92 Å². The largest absolute Gasteiger partial charge is 0.381 e. The smallest absolute Gasteiger partial charge is 0.0813 e. The van der Waals surface area contributed by atoms with Crippen LogP contribution in [0.1, 0.15) is 37.7 Å². The van der Waals surface area contributed by atoms with Crippen LogP contribution in [0.15, 0.2) is 24.5 Å². The van der Waals surface area contributed by atoms with Crippen molar-refractivity contribution in [1.29, 1.82) is 0 Å². The van der Waals surface area contributed by atoms with E-state index in [9.17, 15) is 0 Å². The van der Waals surface area contributed by atoms with Crippen molar-refractivity contribution >= 4 is 0 Å². The summed E-state index contributed by atoms with van der Waals surface area (Å²) < 4.78 is 17.8. The Hall–Kier alpha value is -1.01. The van der Waals surface area contributed by atoms with Gasteiger partial charge in [0.15, 0.2) is 0 Å². The van der Waals surface area contributed by atoms with Crippen molar-refractivity contribution in [3.8, 4) is 0 Å². The Morgan fingerprint density at radius 2 is 1.88 bits per heavy atom. The highest BCUT2D eigenvalue weighted by Crippen LogP contribution is 2.32. The lowest BCUT2D eigenvalue weighted by molar-refractivity contribution is -0.105. The topological polar surface area (TPSA) is 43.8 Å². The number of rotatable bonds is 6. The molecular weight excluding hydrogens is 316 g/mol. The minimum Gasteiger partial charge on any atom is -0.381 e. The molecule has 0 unspecified atom stereocenters. The number of ether oxygens (including phenoxy) is 3. The molecule has 4 rings (SSSR count). The van der Waals surface area contributed by atoms with Crippen LogP contribution < -0.4 is 0 Å². The Morgan fingerprint density at radius 3 is 2.72 bits per heavy atom. The van der Waals surface area contributed by atoms with E-state index in [4.69, 9.17) is 14.2 Å². The number of likely N-dealkylation sites (tertiary alicyclic amines) is 1. The number of nitrogens with zero attached hydrogens (tertiary/aromatic N) is 2. The molecule has 3 fully saturated rings. The first-order valence-electron chi connectivity index (χ1n) is 9.82. The van der Waals surface area contributed by atoms with Crippen molar-refractivity contribution < 1.29 is 14.2 Å². The molecule has 0 N–H and O–H groups in total. The summed E-state index contributed by atoms with van der Waals surface area (Å²) >= 11 is 0. The second-order valence-corrected chi connectivity index (χ2v) is 7.65. The molecule has 3 atom stereocenters. The molecule has 0 spiro atoms. The van der Waals surface area contributed by atoms with E-state index in [0.717, 1.165) is 65.2 Å². The number of hydrogen-bond acceptors (Lipinski definition) is 5. The maximum Gasteiger partial charge on any atom is 0.0813 e. The summed E-state index contributed by atoms with van der Waals surface area (Å²) in [4.78, 5) is 6.69. The highest BCUT2D eigenvalue weighted by Gasteiger charge is 2.39. The van der Waals surface area contributed by atoms with Crippen LogP contribution in [0.4, 0.5) is 0 Å². The number of fused-ring (bicyclic) bond motifs is 1. The van der Waals surface area contributed by atoms with Crippen molar-refractivity contribution in [2.75, 3.05) is 33.0 Å². The lowest BCUT2D eigenvalue weighted by Crippen LogP contribution is -2.43. The molecule has 1 aromatic rings. The number of pyridine rings is 1. The first-order valence-corrected chi connectivity index (χ1v) is 9.82. The third kappa shape index (κ3) is 4.59. The van der Waals surface area contributed by atoms with Gasteiger partial charge in [0.25, 0.3) is 0 Å². The molecule has 0 aliphatic carbocycles. The molecule has 0 aromatic carbocycles. The Labute approximate surface area is 150 Å². The summed E-state index contributed by atoms with van der Waals surface area (Å²) in [6, 6.07) is 4.80. The number of aromatic nitrogens is 1. The molecule has 138 valence electrons. The molecule has 1 aromatic heterocycles. The molecular formula is C20H30N2O3. The molecule has 25 heavy (non-hydrogen) atoms. The number of hydrogen-bond donors (Lipinski definition) is 0. The van der Waals surface area contributed by atoms with Gasteiger partial charge in [0.05, 0.1) is 18.8 Å². The minimum atomic E-state index is 0.280. The normalized spacial score (nSPS) is 31.1. The molecule has 3 aliphatic rings. The fraction of sp³-hybridized carbons (Fsp3) is 0.750. The van der Waals surface area contributed by atoms with Crippen molar-refractivity contribution in [1.82, 2.24) is 9.88 Å². The van der Waals surface area contributed by atoms with Gasteiger partial charge in [-0.2, -0.15) is 0 Å². The van der Waals surface area contributed by atoms with Crippen LogP contribution in [0.3, 0.4) is 0 Å². The minimum absolute atomic E-state index is 0.280. The van der Waals surface area contributed by atoms with Crippen LogP contribution in [0.2, 0.25) is 0 Å². The van der Waals surface area contributed by atoms with Crippen LogP contribution in [0.5, 0.6) is 0 Å². The van der Waals surface area contributed by atoms with E-state index in [-0.39, 0.29) is 6.10 Å². The van der Waals surface area contributed by atoms with Gasteiger partial charge in [0, 0.05) is 51.3 Å². The van der Waals surface area contributed by atoms with Crippen molar-refractivity contribution in [2.24, 2.45) is 5.92 Å². The average molecular weight is 346 g/mol. The molecule has 0 amide bonds. The van der Waals surface area contributed by atoms with Crippen molar-refractivity contribution in [3.63, 3.8) is 0 Å². The zero-order valence-electron chi connectivity index (χ0n) is 15.0. The molecule has 5 nitrogen and oxygen atoms in total. The van der Waals surface area contributed by atoms with Crippen LogP contribution >= 0.6 is 0 Å². The van der Waals surface area contributed by atoms with Gasteiger partial charge in [-0.25, -0.2) is 0 Å². The fourth-order valence-corrected chi connectivity index (χ4v) is 4.41. The van der Waals surface area contributed by atoms with E-state index in [2.05, 4.69) is 22.0 Å². The van der Waals surface area contributed by atoms with E-state index < -0.39 is 0 Å². The van der Waals surface area contributed by atoms with E-state index in [1.165, 1.54) is 12.0 Å². The predicted molar refractivity (Wildman–Crippen MR) is 95.3 cm³/mol. The molecule has 4 heterocycles. The Morgan fingerprint density at radius 1 is 1.04 bits per heavy atom. The summed E-state index contributed by atoms with van der Waals surface area (Å²) in [5.74, 6) is 0.674. The van der Waals surface area contributed by atoms with Gasteiger partial charge in [-0.3, -0.25) is 9.88 Å². The molecule has 0 saturated carbocycles. The zero-order valence-corrected chi connectivity index (χ0v) is 15.0. The van der Waals surface area contributed by atoms with Crippen molar-refractivity contribution in [3.05, 3.63) is 30.1 Å². The quantitative estimate of drug-likeness (QED) is 0.792. The summed E-state index contributed by atoms with van der Waals surface area (Å²) in [7, 11) is 0. The Kier molecular flexibility index (Phi) is 5.98. The second kappa shape index (κ2) is 8.58. The van der Waals surface area contributed by atoms with Gasteiger partial charge in [-0.1, -0.05) is 0 Å². The van der Waals surface area contributed by atoms with E-state index in [1.54, 1.807) is 0 Å². The maximum atomic E-state index is 6.36. The highest BCUT2D eigenvalue weighted by atomic mass is 16.5. The zero-order chi connectivity index (χ0) is 16.9. The third-order valence-corrected chi connectivity index (χ3v) is 5.88. The molecule has 3 aliphatic heterocycles. The summed E-state index contributed by atoms with van der Waals surface area (Å²) in [5, 5.41) is 0. The van der Waals surface area contributed by atoms with Gasteiger partial charge >= 0.3 is 0 Å². The molecule has 5 heteroatoms. The van der Waals surface area contributed by atoms with Crippen molar-refractivity contribution in [2.45, 2.75) is 56.9 Å². The van der Waals surface area contributed by atoms with Gasteiger partial charge in [-0.05, 0) is 55.7 Å². The van der Waals surface area contributed by atoms with E-state index >= 15 is 0 Å². The summed E-state index contributed by atoms with van der Waals surface area (Å²) in [6.07, 6.45) is 10.2. The van der Waals surface area contributed by atoms with Crippen LogP contribution in [-0.4, -0.2) is 61.1 Å². The summed E-state index contributed by atoms with van der Waals surface area (Å²) in [6.45, 7) is 5.55. The molecule has 0 bridgehead atoms. The van der Waals surface area contributed by atoms with Gasteiger partial charge in [0.1, 0.15) is 0 Å². The Balaban J connectivity index is 1.20. The first kappa shape index (κ1) is 17.4. The Bertz CT molecular complexity index is 521. The standard InChI is InChI=1S/C20H30N2O3/c1-2-19-20(5-10-22(19)13-16-3-8-21-9-4-16)25-18(1)15-24-14-17-6-11-23-12-7-17/h3-4,8-9,17-20H,1-2,5-7,10-15H2/t18-,19-,20-/m0/s1. The van der Waals surface area contributed by atoms with Crippen LogP contribution in [0.25, 0.3) is 0 Å². The first-order chi connectivity index (χ1) is 12.4. The highest BCUT2D eigenvalue weighted by molar-refractivity contribution is 5.10. The van der Waals surface area contributed by atoms with E-state index in [1.807, 2.05) is 12.4 Å². The third-order valence-electron chi connectivity index (χ3n) is 5.88.